The third kappa shape index (κ3) is 9.79. The van der Waals surface area contributed by atoms with Crippen molar-refractivity contribution in [1.29, 1.82) is 0 Å². The van der Waals surface area contributed by atoms with E-state index in [1.165, 1.54) is 32.1 Å². The van der Waals surface area contributed by atoms with Crippen LogP contribution in [-0.4, -0.2) is 25.8 Å². The summed E-state index contributed by atoms with van der Waals surface area (Å²) < 4.78 is 6.50. The van der Waals surface area contributed by atoms with Crippen LogP contribution in [0.4, 0.5) is 10.5 Å². The molecule has 1 aromatic carbocycles. The molecule has 0 saturated heterocycles. The van der Waals surface area contributed by atoms with Crippen LogP contribution in [0.3, 0.4) is 0 Å². The Morgan fingerprint density at radius 2 is 1.73 bits per heavy atom. The maximum Gasteiger partial charge on any atom is 0.319 e. The third-order valence-electron chi connectivity index (χ3n) is 3.28. The van der Waals surface area contributed by atoms with E-state index in [1.807, 2.05) is 24.3 Å². The molecule has 0 bridgehead atoms. The second kappa shape index (κ2) is 12.5. The Morgan fingerprint density at radius 1 is 1.05 bits per heavy atom. The average Bonchev–Trinajstić information content (AvgIpc) is 2.51. The summed E-state index contributed by atoms with van der Waals surface area (Å²) in [5, 5.41) is 5.55. The normalized spacial score (nSPS) is 10.5. The summed E-state index contributed by atoms with van der Waals surface area (Å²) in [7, 11) is 0. The second-order valence-corrected chi connectivity index (χ2v) is 6.18. The predicted molar refractivity (Wildman–Crippen MR) is 95.4 cm³/mol. The molecule has 0 aliphatic heterocycles. The summed E-state index contributed by atoms with van der Waals surface area (Å²) >= 11 is 3.36. The van der Waals surface area contributed by atoms with Crippen LogP contribution in [0.15, 0.2) is 28.7 Å². The number of unbranched alkanes of at least 4 members (excludes halogenated alkanes) is 5. The molecule has 0 spiro atoms. The Bertz CT molecular complexity index is 410. The summed E-state index contributed by atoms with van der Waals surface area (Å²) in [6.07, 6.45) is 7.58. The Labute approximate surface area is 142 Å². The molecule has 2 amide bonds. The number of carbonyl (C=O) groups is 1. The van der Waals surface area contributed by atoms with E-state index >= 15 is 0 Å². The topological polar surface area (TPSA) is 50.4 Å². The van der Waals surface area contributed by atoms with E-state index in [4.69, 9.17) is 4.74 Å². The smallest absolute Gasteiger partial charge is 0.319 e. The lowest BCUT2D eigenvalue weighted by Gasteiger charge is -2.08. The van der Waals surface area contributed by atoms with Crippen molar-refractivity contribution in [2.24, 2.45) is 0 Å². The van der Waals surface area contributed by atoms with Crippen molar-refractivity contribution in [2.75, 3.05) is 25.1 Å². The largest absolute Gasteiger partial charge is 0.380 e. The summed E-state index contributed by atoms with van der Waals surface area (Å²) in [5.74, 6) is 0. The van der Waals surface area contributed by atoms with Crippen LogP contribution >= 0.6 is 15.9 Å². The van der Waals surface area contributed by atoms with E-state index in [0.29, 0.717) is 13.2 Å². The number of urea groups is 1. The molecular weight excluding hydrogens is 344 g/mol. The highest BCUT2D eigenvalue weighted by atomic mass is 79.9. The lowest BCUT2D eigenvalue weighted by Crippen LogP contribution is -2.31. The van der Waals surface area contributed by atoms with Gasteiger partial charge in [0.15, 0.2) is 0 Å². The average molecular weight is 371 g/mol. The van der Waals surface area contributed by atoms with E-state index in [0.717, 1.165) is 23.2 Å². The molecule has 0 heterocycles. The number of hydrogen-bond acceptors (Lipinski definition) is 2. The standard InChI is InChI=1S/C17H27BrN2O2/c1-2-3-4-5-6-7-13-22-14-12-19-17(21)20-16-10-8-15(18)9-11-16/h8-11H,2-7,12-14H2,1H3,(H2,19,20,21). The first kappa shape index (κ1) is 19.0. The minimum atomic E-state index is -0.203. The van der Waals surface area contributed by atoms with Gasteiger partial charge in [0.05, 0.1) is 6.61 Å². The second-order valence-electron chi connectivity index (χ2n) is 5.27. The zero-order valence-electron chi connectivity index (χ0n) is 13.4. The van der Waals surface area contributed by atoms with Crippen LogP contribution in [-0.2, 0) is 4.74 Å². The molecular formula is C17H27BrN2O2. The molecule has 124 valence electrons. The summed E-state index contributed by atoms with van der Waals surface area (Å²) in [6, 6.07) is 7.26. The Kier molecular flexibility index (Phi) is 10.8. The number of carbonyl (C=O) groups excluding carboxylic acids is 1. The zero-order valence-corrected chi connectivity index (χ0v) is 15.0. The van der Waals surface area contributed by atoms with Crippen LogP contribution in [0, 0.1) is 0 Å². The highest BCUT2D eigenvalue weighted by Gasteiger charge is 2.00. The fraction of sp³-hybridized carbons (Fsp3) is 0.588. The number of anilines is 1. The van der Waals surface area contributed by atoms with Gasteiger partial charge in [-0.05, 0) is 30.7 Å². The molecule has 1 rings (SSSR count). The van der Waals surface area contributed by atoms with Gasteiger partial charge in [0, 0.05) is 23.3 Å². The Morgan fingerprint density at radius 3 is 2.45 bits per heavy atom. The van der Waals surface area contributed by atoms with Crippen molar-refractivity contribution in [1.82, 2.24) is 5.32 Å². The monoisotopic (exact) mass is 370 g/mol. The van der Waals surface area contributed by atoms with Gasteiger partial charge in [-0.2, -0.15) is 0 Å². The van der Waals surface area contributed by atoms with E-state index in [-0.39, 0.29) is 6.03 Å². The molecule has 0 radical (unpaired) electrons. The number of benzene rings is 1. The van der Waals surface area contributed by atoms with E-state index in [1.54, 1.807) is 0 Å². The molecule has 1 aromatic rings. The molecule has 22 heavy (non-hydrogen) atoms. The van der Waals surface area contributed by atoms with E-state index in [9.17, 15) is 4.79 Å². The molecule has 0 aliphatic carbocycles. The highest BCUT2D eigenvalue weighted by molar-refractivity contribution is 9.10. The van der Waals surface area contributed by atoms with Gasteiger partial charge in [0.25, 0.3) is 0 Å². The number of amides is 2. The van der Waals surface area contributed by atoms with Gasteiger partial charge in [0.2, 0.25) is 0 Å². The van der Waals surface area contributed by atoms with Crippen LogP contribution in [0.25, 0.3) is 0 Å². The quantitative estimate of drug-likeness (QED) is 0.541. The maximum absolute atomic E-state index is 11.6. The lowest BCUT2D eigenvalue weighted by atomic mass is 10.1. The summed E-state index contributed by atoms with van der Waals surface area (Å²) in [5.41, 5.74) is 0.772. The fourth-order valence-corrected chi connectivity index (χ4v) is 2.30. The van der Waals surface area contributed by atoms with Gasteiger partial charge in [-0.1, -0.05) is 55.0 Å². The molecule has 4 nitrogen and oxygen atoms in total. The fourth-order valence-electron chi connectivity index (χ4n) is 2.03. The lowest BCUT2D eigenvalue weighted by molar-refractivity contribution is 0.132. The molecule has 2 N–H and O–H groups in total. The van der Waals surface area contributed by atoms with E-state index in [2.05, 4.69) is 33.5 Å². The molecule has 0 saturated carbocycles. The van der Waals surface area contributed by atoms with Gasteiger partial charge < -0.3 is 15.4 Å². The molecule has 0 aromatic heterocycles. The van der Waals surface area contributed by atoms with Gasteiger partial charge >= 0.3 is 6.03 Å². The minimum Gasteiger partial charge on any atom is -0.380 e. The van der Waals surface area contributed by atoms with E-state index < -0.39 is 0 Å². The SMILES string of the molecule is CCCCCCCCOCCNC(=O)Nc1ccc(Br)cc1. The molecule has 0 unspecified atom stereocenters. The number of rotatable bonds is 11. The van der Waals surface area contributed by atoms with Gasteiger partial charge in [-0.3, -0.25) is 0 Å². The highest BCUT2D eigenvalue weighted by Crippen LogP contribution is 2.13. The van der Waals surface area contributed by atoms with Crippen LogP contribution in [0.1, 0.15) is 45.4 Å². The van der Waals surface area contributed by atoms with Crippen molar-refractivity contribution >= 4 is 27.6 Å². The summed E-state index contributed by atoms with van der Waals surface area (Å²) in [4.78, 5) is 11.6. The molecule has 0 atom stereocenters. The van der Waals surface area contributed by atoms with Crippen molar-refractivity contribution < 1.29 is 9.53 Å². The zero-order chi connectivity index (χ0) is 16.0. The van der Waals surface area contributed by atoms with Gasteiger partial charge in [-0.15, -0.1) is 0 Å². The number of ether oxygens (including phenoxy) is 1. The van der Waals surface area contributed by atoms with Crippen molar-refractivity contribution in [3.63, 3.8) is 0 Å². The van der Waals surface area contributed by atoms with Crippen LogP contribution < -0.4 is 10.6 Å². The predicted octanol–water partition coefficient (Wildman–Crippen LogP) is 4.95. The van der Waals surface area contributed by atoms with Crippen LogP contribution in [0.2, 0.25) is 0 Å². The molecule has 0 aliphatic rings. The van der Waals surface area contributed by atoms with Crippen molar-refractivity contribution in [3.8, 4) is 0 Å². The summed E-state index contributed by atoms with van der Waals surface area (Å²) in [6.45, 7) is 4.09. The number of nitrogens with one attached hydrogen (secondary N) is 2. The van der Waals surface area contributed by atoms with Crippen molar-refractivity contribution in [3.05, 3.63) is 28.7 Å². The first-order valence-corrected chi connectivity index (χ1v) is 8.90. The molecule has 0 fully saturated rings. The minimum absolute atomic E-state index is 0.203. The molecule has 5 heteroatoms. The van der Waals surface area contributed by atoms with Gasteiger partial charge in [-0.25, -0.2) is 4.79 Å². The first-order valence-electron chi connectivity index (χ1n) is 8.10. The van der Waals surface area contributed by atoms with Crippen LogP contribution in [0.5, 0.6) is 0 Å². The van der Waals surface area contributed by atoms with Crippen molar-refractivity contribution in [2.45, 2.75) is 45.4 Å². The first-order chi connectivity index (χ1) is 10.7. The third-order valence-corrected chi connectivity index (χ3v) is 3.80. The number of halogens is 1. The maximum atomic E-state index is 11.6. The Balaban J connectivity index is 1.93. The Hall–Kier alpha value is -1.07. The number of hydrogen-bond donors (Lipinski definition) is 2. The van der Waals surface area contributed by atoms with Gasteiger partial charge in [0.1, 0.15) is 0 Å².